The summed E-state index contributed by atoms with van der Waals surface area (Å²) < 4.78 is 9.94. The highest BCUT2D eigenvalue weighted by Crippen LogP contribution is 2.11. The number of ether oxygens (including phenoxy) is 2. The zero-order valence-electron chi connectivity index (χ0n) is 16.7. The van der Waals surface area contributed by atoms with Gasteiger partial charge < -0.3 is 25.0 Å². The van der Waals surface area contributed by atoms with Gasteiger partial charge in [0.2, 0.25) is 0 Å². The number of nitrogens with zero attached hydrogens (tertiary/aromatic N) is 1. The minimum absolute atomic E-state index is 0.0953. The minimum atomic E-state index is -0.886. The van der Waals surface area contributed by atoms with Crippen LogP contribution in [-0.4, -0.2) is 67.2 Å². The van der Waals surface area contributed by atoms with E-state index in [-0.39, 0.29) is 12.1 Å². The van der Waals surface area contributed by atoms with Crippen molar-refractivity contribution in [2.24, 2.45) is 0 Å². The number of piperidine rings is 1. The smallest absolute Gasteiger partial charge is 0.409 e. The van der Waals surface area contributed by atoms with Crippen molar-refractivity contribution in [1.29, 1.82) is 0 Å². The quantitative estimate of drug-likeness (QED) is 0.657. The van der Waals surface area contributed by atoms with Gasteiger partial charge in [0.25, 0.3) is 11.8 Å². The van der Waals surface area contributed by atoms with Crippen molar-refractivity contribution in [1.82, 2.24) is 15.5 Å². The Morgan fingerprint density at radius 1 is 1.10 bits per heavy atom. The predicted octanol–water partition coefficient (Wildman–Crippen LogP) is 1.09. The van der Waals surface area contributed by atoms with Crippen LogP contribution in [-0.2, 0) is 19.1 Å². The summed E-state index contributed by atoms with van der Waals surface area (Å²) in [4.78, 5) is 49.3. The Morgan fingerprint density at radius 2 is 1.76 bits per heavy atom. The molecule has 1 aliphatic heterocycles. The lowest BCUT2D eigenvalue weighted by Crippen LogP contribution is -2.48. The van der Waals surface area contributed by atoms with Crippen molar-refractivity contribution in [2.45, 2.75) is 38.8 Å². The Kier molecular flexibility index (Phi) is 8.45. The third-order valence-corrected chi connectivity index (χ3v) is 4.47. The summed E-state index contributed by atoms with van der Waals surface area (Å²) in [5.41, 5.74) is 0.430. The largest absolute Gasteiger partial charge is 0.454 e. The topological polar surface area (TPSA) is 114 Å². The van der Waals surface area contributed by atoms with E-state index < -0.39 is 30.4 Å². The van der Waals surface area contributed by atoms with Gasteiger partial charge in [-0.05, 0) is 38.8 Å². The molecular weight excluding hydrogens is 378 g/mol. The maximum absolute atomic E-state index is 12.0. The molecule has 1 aromatic carbocycles. The first-order valence-electron chi connectivity index (χ1n) is 9.64. The van der Waals surface area contributed by atoms with Crippen molar-refractivity contribution < 1.29 is 28.7 Å². The molecule has 0 spiro atoms. The summed E-state index contributed by atoms with van der Waals surface area (Å²) in [6, 6.07) is 7.51. The molecule has 0 unspecified atom stereocenters. The Hall–Kier alpha value is -3.10. The molecule has 0 radical (unpaired) electrons. The van der Waals surface area contributed by atoms with Crippen LogP contribution in [0.5, 0.6) is 0 Å². The average Bonchev–Trinajstić information content (AvgIpc) is 2.73. The molecule has 0 aliphatic carbocycles. The van der Waals surface area contributed by atoms with E-state index in [0.717, 1.165) is 0 Å². The summed E-state index contributed by atoms with van der Waals surface area (Å²) in [5.74, 6) is -1.51. The standard InChI is InChI=1S/C20H27N3O6/c1-3-28-20(27)23-11-9-16(10-12-23)22-17(24)13-29-19(26)14(2)21-18(25)15-7-5-4-6-8-15/h4-8,14,16H,3,9-13H2,1-2H3,(H,21,25)(H,22,24)/t14-/m0/s1. The molecule has 1 saturated heterocycles. The first-order valence-corrected chi connectivity index (χ1v) is 9.64. The van der Waals surface area contributed by atoms with Gasteiger partial charge in [0.05, 0.1) is 6.61 Å². The number of rotatable bonds is 7. The van der Waals surface area contributed by atoms with Gasteiger partial charge >= 0.3 is 12.1 Å². The van der Waals surface area contributed by atoms with Gasteiger partial charge in [-0.15, -0.1) is 0 Å². The summed E-state index contributed by atoms with van der Waals surface area (Å²) in [5, 5.41) is 5.32. The lowest BCUT2D eigenvalue weighted by molar-refractivity contribution is -0.150. The van der Waals surface area contributed by atoms with E-state index in [1.807, 2.05) is 0 Å². The van der Waals surface area contributed by atoms with E-state index in [9.17, 15) is 19.2 Å². The Morgan fingerprint density at radius 3 is 2.38 bits per heavy atom. The van der Waals surface area contributed by atoms with Crippen LogP contribution in [0.1, 0.15) is 37.0 Å². The molecule has 1 atom stereocenters. The van der Waals surface area contributed by atoms with Crippen molar-refractivity contribution in [3.8, 4) is 0 Å². The second kappa shape index (κ2) is 11.0. The number of carbonyl (C=O) groups excluding carboxylic acids is 4. The molecule has 9 heteroatoms. The number of hydrogen-bond donors (Lipinski definition) is 2. The van der Waals surface area contributed by atoms with Crippen molar-refractivity contribution in [2.75, 3.05) is 26.3 Å². The third-order valence-electron chi connectivity index (χ3n) is 4.47. The first-order chi connectivity index (χ1) is 13.9. The van der Waals surface area contributed by atoms with Crippen LogP contribution in [0.25, 0.3) is 0 Å². The lowest BCUT2D eigenvalue weighted by Gasteiger charge is -2.31. The molecule has 2 rings (SSSR count). The molecule has 29 heavy (non-hydrogen) atoms. The van der Waals surface area contributed by atoms with Gasteiger partial charge in [-0.25, -0.2) is 9.59 Å². The Labute approximate surface area is 169 Å². The van der Waals surface area contributed by atoms with Crippen LogP contribution in [0.4, 0.5) is 4.79 Å². The van der Waals surface area contributed by atoms with Crippen LogP contribution in [0.3, 0.4) is 0 Å². The van der Waals surface area contributed by atoms with Crippen LogP contribution >= 0.6 is 0 Å². The van der Waals surface area contributed by atoms with Crippen molar-refractivity contribution in [3.63, 3.8) is 0 Å². The number of carbonyl (C=O) groups is 4. The minimum Gasteiger partial charge on any atom is -0.454 e. The number of nitrogens with one attached hydrogen (secondary N) is 2. The molecular formula is C20H27N3O6. The van der Waals surface area contributed by atoms with E-state index in [0.29, 0.717) is 38.1 Å². The van der Waals surface area contributed by atoms with Gasteiger partial charge in [-0.2, -0.15) is 0 Å². The Balaban J connectivity index is 1.67. The fourth-order valence-corrected chi connectivity index (χ4v) is 2.88. The summed E-state index contributed by atoms with van der Waals surface area (Å²) >= 11 is 0. The van der Waals surface area contributed by atoms with Crippen molar-refractivity contribution in [3.05, 3.63) is 35.9 Å². The van der Waals surface area contributed by atoms with E-state index in [4.69, 9.17) is 9.47 Å². The highest BCUT2D eigenvalue weighted by molar-refractivity contribution is 5.96. The van der Waals surface area contributed by atoms with E-state index in [2.05, 4.69) is 10.6 Å². The van der Waals surface area contributed by atoms with Gasteiger partial charge in [0, 0.05) is 24.7 Å². The summed E-state index contributed by atoms with van der Waals surface area (Å²) in [6.07, 6.45) is 0.849. The normalized spacial score (nSPS) is 15.2. The lowest BCUT2D eigenvalue weighted by atomic mass is 10.1. The molecule has 1 heterocycles. The molecule has 1 aliphatic rings. The highest BCUT2D eigenvalue weighted by Gasteiger charge is 2.25. The second-order valence-corrected chi connectivity index (χ2v) is 6.70. The predicted molar refractivity (Wildman–Crippen MR) is 104 cm³/mol. The molecule has 0 bridgehead atoms. The van der Waals surface area contributed by atoms with Gasteiger partial charge in [-0.1, -0.05) is 18.2 Å². The zero-order chi connectivity index (χ0) is 21.2. The first kappa shape index (κ1) is 22.2. The van der Waals surface area contributed by atoms with Crippen LogP contribution in [0.2, 0.25) is 0 Å². The van der Waals surface area contributed by atoms with Crippen LogP contribution in [0.15, 0.2) is 30.3 Å². The average molecular weight is 405 g/mol. The molecule has 1 aromatic rings. The molecule has 3 amide bonds. The van der Waals surface area contributed by atoms with Gasteiger partial charge in [0.1, 0.15) is 6.04 Å². The second-order valence-electron chi connectivity index (χ2n) is 6.70. The fraction of sp³-hybridized carbons (Fsp3) is 0.500. The summed E-state index contributed by atoms with van der Waals surface area (Å²) in [6.45, 7) is 4.12. The molecule has 158 valence electrons. The highest BCUT2D eigenvalue weighted by atomic mass is 16.6. The number of esters is 1. The van der Waals surface area contributed by atoms with E-state index in [1.165, 1.54) is 6.92 Å². The SMILES string of the molecule is CCOC(=O)N1CCC(NC(=O)COC(=O)[C@H](C)NC(=O)c2ccccc2)CC1. The van der Waals surface area contributed by atoms with Gasteiger partial charge in [-0.3, -0.25) is 9.59 Å². The maximum Gasteiger partial charge on any atom is 0.409 e. The van der Waals surface area contributed by atoms with Crippen molar-refractivity contribution >= 4 is 23.9 Å². The number of amides is 3. The van der Waals surface area contributed by atoms with Crippen LogP contribution in [0, 0.1) is 0 Å². The van der Waals surface area contributed by atoms with E-state index in [1.54, 1.807) is 42.2 Å². The summed E-state index contributed by atoms with van der Waals surface area (Å²) in [7, 11) is 0. The Bertz CT molecular complexity index is 716. The number of benzene rings is 1. The monoisotopic (exact) mass is 405 g/mol. The number of hydrogen-bond acceptors (Lipinski definition) is 6. The van der Waals surface area contributed by atoms with Gasteiger partial charge in [0.15, 0.2) is 6.61 Å². The molecule has 1 fully saturated rings. The molecule has 0 saturated carbocycles. The molecule has 9 nitrogen and oxygen atoms in total. The maximum atomic E-state index is 12.0. The molecule has 2 N–H and O–H groups in total. The fourth-order valence-electron chi connectivity index (χ4n) is 2.88. The number of likely N-dealkylation sites (tertiary alicyclic amines) is 1. The molecule has 0 aromatic heterocycles. The van der Waals surface area contributed by atoms with E-state index >= 15 is 0 Å². The zero-order valence-corrected chi connectivity index (χ0v) is 16.7. The third kappa shape index (κ3) is 7.10. The van der Waals surface area contributed by atoms with Crippen LogP contribution < -0.4 is 10.6 Å².